The minimum atomic E-state index is -1.35. The quantitative estimate of drug-likeness (QED) is 0.327. The maximum Gasteiger partial charge on any atom is 0.224 e. The van der Waals surface area contributed by atoms with Crippen LogP contribution in [0.1, 0.15) is 31.6 Å². The fraction of sp³-hybridized carbons (Fsp3) is 0.435. The van der Waals surface area contributed by atoms with Crippen LogP contribution in [0, 0.1) is 6.92 Å². The van der Waals surface area contributed by atoms with Gasteiger partial charge in [0.1, 0.15) is 11.3 Å². The number of amides is 1. The number of imidazole rings is 2. The second-order valence-electron chi connectivity index (χ2n) is 9.37. The van der Waals surface area contributed by atoms with Gasteiger partial charge in [-0.2, -0.15) is 9.97 Å². The molecule has 3 atom stereocenters. The monoisotopic (exact) mass is 479 g/mol. The first-order valence-corrected chi connectivity index (χ1v) is 11.5. The summed E-state index contributed by atoms with van der Waals surface area (Å²) >= 11 is 0. The van der Waals surface area contributed by atoms with Crippen molar-refractivity contribution in [1.82, 2.24) is 34.0 Å². The number of aryl methyl sites for hydroxylation is 2. The molecule has 0 aliphatic carbocycles. The number of nitrogens with two attached hydrogens (primary N) is 2. The Kier molecular flexibility index (Phi) is 5.56. The minimum absolute atomic E-state index is 0.0130. The molecule has 35 heavy (non-hydrogen) atoms. The molecule has 1 aliphatic rings. The van der Waals surface area contributed by atoms with Gasteiger partial charge < -0.3 is 35.7 Å². The number of β-amino-alcohol motifs (C(OH)–C–C–N with tert-alkyl or cyclic N) is 1. The molecule has 184 valence electrons. The highest BCUT2D eigenvalue weighted by Gasteiger charge is 2.42. The van der Waals surface area contributed by atoms with Crippen molar-refractivity contribution in [1.29, 1.82) is 0 Å². The van der Waals surface area contributed by atoms with Gasteiger partial charge in [0.05, 0.1) is 35.1 Å². The smallest absolute Gasteiger partial charge is 0.224 e. The van der Waals surface area contributed by atoms with E-state index in [1.807, 2.05) is 35.8 Å². The van der Waals surface area contributed by atoms with Gasteiger partial charge in [0.25, 0.3) is 0 Å². The minimum Gasteiger partial charge on any atom is -0.391 e. The Hall–Kier alpha value is -3.77. The summed E-state index contributed by atoms with van der Waals surface area (Å²) in [7, 11) is 0. The van der Waals surface area contributed by atoms with E-state index in [0.717, 1.165) is 16.9 Å². The summed E-state index contributed by atoms with van der Waals surface area (Å²) in [5, 5.41) is 22.0. The molecule has 1 aliphatic heterocycles. The Morgan fingerprint density at radius 3 is 2.77 bits per heavy atom. The number of rotatable bonds is 4. The molecule has 3 aromatic heterocycles. The van der Waals surface area contributed by atoms with Crippen LogP contribution < -0.4 is 11.5 Å². The highest BCUT2D eigenvalue weighted by atomic mass is 16.3. The molecule has 0 unspecified atom stereocenters. The van der Waals surface area contributed by atoms with E-state index in [0.29, 0.717) is 17.7 Å². The number of carbonyl (C=O) groups is 1. The number of nitrogen functional groups attached to an aromatic ring is 2. The van der Waals surface area contributed by atoms with Gasteiger partial charge in [0.2, 0.25) is 11.9 Å². The fourth-order valence-electron chi connectivity index (χ4n) is 5.03. The number of aliphatic hydroxyl groups excluding tert-OH is 1. The van der Waals surface area contributed by atoms with Gasteiger partial charge >= 0.3 is 0 Å². The van der Waals surface area contributed by atoms with Crippen molar-refractivity contribution in [2.45, 2.75) is 51.0 Å². The van der Waals surface area contributed by atoms with Gasteiger partial charge in [-0.05, 0) is 26.0 Å². The molecule has 12 heteroatoms. The van der Waals surface area contributed by atoms with E-state index in [4.69, 9.17) is 11.5 Å². The highest BCUT2D eigenvalue weighted by molar-refractivity contribution is 5.83. The average molecular weight is 480 g/mol. The van der Waals surface area contributed by atoms with Crippen molar-refractivity contribution in [3.63, 3.8) is 0 Å². The number of hydrogen-bond donors (Lipinski definition) is 4. The zero-order valence-electron chi connectivity index (χ0n) is 19.7. The summed E-state index contributed by atoms with van der Waals surface area (Å²) in [5.41, 5.74) is 13.0. The summed E-state index contributed by atoms with van der Waals surface area (Å²) in [6, 6.07) is 7.15. The lowest BCUT2D eigenvalue weighted by atomic mass is 9.91. The first kappa shape index (κ1) is 23.0. The highest BCUT2D eigenvalue weighted by Crippen LogP contribution is 2.34. The molecule has 6 N–H and O–H groups in total. The molecule has 12 nitrogen and oxygen atoms in total. The number of aromatic nitrogens is 6. The number of likely N-dealkylation sites (tertiary alicyclic amines) is 1. The molecule has 0 saturated carbocycles. The van der Waals surface area contributed by atoms with Gasteiger partial charge in [-0.3, -0.25) is 4.79 Å². The first-order chi connectivity index (χ1) is 16.6. The molecule has 0 bridgehead atoms. The van der Waals surface area contributed by atoms with Gasteiger partial charge in [-0.25, -0.2) is 9.97 Å². The van der Waals surface area contributed by atoms with E-state index >= 15 is 0 Å². The van der Waals surface area contributed by atoms with Crippen LogP contribution in [0.3, 0.4) is 0 Å². The molecule has 5 rings (SSSR count). The predicted molar refractivity (Wildman–Crippen MR) is 130 cm³/mol. The molecule has 4 aromatic rings. The zero-order chi connectivity index (χ0) is 24.9. The predicted octanol–water partition coefficient (Wildman–Crippen LogP) is 0.624. The molecule has 1 fully saturated rings. The Morgan fingerprint density at radius 2 is 1.97 bits per heavy atom. The summed E-state index contributed by atoms with van der Waals surface area (Å²) < 4.78 is 3.68. The molecule has 1 amide bonds. The Morgan fingerprint density at radius 1 is 1.20 bits per heavy atom. The van der Waals surface area contributed by atoms with E-state index in [2.05, 4.69) is 19.9 Å². The van der Waals surface area contributed by atoms with Crippen molar-refractivity contribution in [2.75, 3.05) is 24.6 Å². The Labute approximate surface area is 201 Å². The van der Waals surface area contributed by atoms with Crippen molar-refractivity contribution in [3.8, 4) is 0 Å². The summed E-state index contributed by atoms with van der Waals surface area (Å²) in [6.45, 7) is 4.27. The summed E-state index contributed by atoms with van der Waals surface area (Å²) in [4.78, 5) is 32.0. The van der Waals surface area contributed by atoms with Gasteiger partial charge in [0, 0.05) is 32.5 Å². The number of anilines is 2. The largest absolute Gasteiger partial charge is 0.391 e. The number of benzene rings is 1. The maximum absolute atomic E-state index is 13.3. The second kappa shape index (κ2) is 8.47. The normalized spacial score (nSPS) is 23.1. The van der Waals surface area contributed by atoms with E-state index in [-0.39, 0.29) is 43.6 Å². The molecule has 1 aromatic carbocycles. The van der Waals surface area contributed by atoms with E-state index in [1.54, 1.807) is 16.4 Å². The van der Waals surface area contributed by atoms with Crippen LogP contribution in [-0.2, 0) is 11.3 Å². The third-order valence-electron chi connectivity index (χ3n) is 6.74. The van der Waals surface area contributed by atoms with Crippen LogP contribution in [0.5, 0.6) is 0 Å². The van der Waals surface area contributed by atoms with Gasteiger partial charge in [0.15, 0.2) is 11.5 Å². The third-order valence-corrected chi connectivity index (χ3v) is 6.74. The zero-order valence-corrected chi connectivity index (χ0v) is 19.7. The average Bonchev–Trinajstić information content (AvgIpc) is 3.31. The standard InChI is InChI=1S/C23H29N9O3/c1-13-27-15-5-3-4-6-16(15)31(13)8-7-18(34)30-10-14(33)9-23(2,35)17(11-30)32-12-26-19-20(24)28-22(25)29-21(19)32/h3-6,12,14,17,33,35H,7-11H2,1-2H3,(H4,24,25,28,29)/t14-,17+,23+/m0/s1. The summed E-state index contributed by atoms with van der Waals surface area (Å²) in [5.74, 6) is 0.814. The molecule has 4 heterocycles. The summed E-state index contributed by atoms with van der Waals surface area (Å²) in [6.07, 6.45) is 0.905. The van der Waals surface area contributed by atoms with Crippen molar-refractivity contribution in [2.24, 2.45) is 0 Å². The molecular weight excluding hydrogens is 450 g/mol. The lowest BCUT2D eigenvalue weighted by Gasteiger charge is -2.34. The number of hydrogen-bond acceptors (Lipinski definition) is 9. The Balaban J connectivity index is 1.43. The molecule has 1 saturated heterocycles. The lowest BCUT2D eigenvalue weighted by Crippen LogP contribution is -2.42. The van der Waals surface area contributed by atoms with E-state index in [1.165, 1.54) is 6.33 Å². The van der Waals surface area contributed by atoms with Crippen LogP contribution in [0.15, 0.2) is 30.6 Å². The number of carbonyl (C=O) groups excluding carboxylic acids is 1. The number of nitrogens with zero attached hydrogens (tertiary/aromatic N) is 7. The van der Waals surface area contributed by atoms with Gasteiger partial charge in [-0.1, -0.05) is 12.1 Å². The number of aliphatic hydroxyl groups is 2. The van der Waals surface area contributed by atoms with Crippen LogP contribution in [-0.4, -0.2) is 74.9 Å². The Bertz CT molecular complexity index is 1410. The topological polar surface area (TPSA) is 174 Å². The third kappa shape index (κ3) is 4.15. The van der Waals surface area contributed by atoms with E-state index in [9.17, 15) is 15.0 Å². The van der Waals surface area contributed by atoms with Crippen LogP contribution in [0.2, 0.25) is 0 Å². The molecular formula is C23H29N9O3. The lowest BCUT2D eigenvalue weighted by molar-refractivity contribution is -0.133. The maximum atomic E-state index is 13.3. The number of para-hydroxylation sites is 2. The second-order valence-corrected chi connectivity index (χ2v) is 9.37. The SMILES string of the molecule is Cc1nc2ccccc2n1CCC(=O)N1C[C@@H](O)C[C@@](C)(O)[C@H](n2cnc3c(N)nc(N)nc32)C1. The molecule has 0 spiro atoms. The van der Waals surface area contributed by atoms with Crippen LogP contribution in [0.25, 0.3) is 22.2 Å². The van der Waals surface area contributed by atoms with Crippen LogP contribution >= 0.6 is 0 Å². The molecule has 0 radical (unpaired) electrons. The fourth-order valence-corrected chi connectivity index (χ4v) is 5.03. The van der Waals surface area contributed by atoms with Crippen molar-refractivity contribution in [3.05, 3.63) is 36.4 Å². The van der Waals surface area contributed by atoms with E-state index < -0.39 is 17.7 Å². The van der Waals surface area contributed by atoms with Crippen molar-refractivity contribution < 1.29 is 15.0 Å². The first-order valence-electron chi connectivity index (χ1n) is 11.5. The van der Waals surface area contributed by atoms with Crippen molar-refractivity contribution >= 4 is 39.9 Å². The van der Waals surface area contributed by atoms with Crippen LogP contribution in [0.4, 0.5) is 11.8 Å². The number of fused-ring (bicyclic) bond motifs is 2. The van der Waals surface area contributed by atoms with Gasteiger partial charge in [-0.15, -0.1) is 0 Å².